The van der Waals surface area contributed by atoms with Crippen LogP contribution in [-0.2, 0) is 33.7 Å². The van der Waals surface area contributed by atoms with Gasteiger partial charge in [-0.15, -0.1) is 35.4 Å². The standard InChI is InChI=1S/2C9H9.C2H6Si.2ClH.Zr/c2*1-2-5-9-7-3-6-8(9)4-1;1-3-2;;;/h2*1-2,4-6H,3,7H2;1-2H3;2*1H;/q2*-1;;;;+4/p-2. The zero-order valence-electron chi connectivity index (χ0n) is 14.4. The average Bonchev–Trinajstić information content (AvgIpc) is 3.26. The third-order valence-corrected chi connectivity index (χ3v) is 3.67. The smallest absolute Gasteiger partial charge is 0.0804 e. The second kappa shape index (κ2) is 14.1. The fraction of sp³-hybridized carbons (Fsp3) is 0.300. The SMILES string of the molecule is C[Si]C.[Cl][Zr+2][Cl].c1ccc2c(c1)[CH-]CC2.c1ccc2c(c1)[CH-]CC2. The van der Waals surface area contributed by atoms with Crippen molar-refractivity contribution < 1.29 is 20.8 Å². The number of hydrogen-bond acceptors (Lipinski definition) is 0. The summed E-state index contributed by atoms with van der Waals surface area (Å²) in [6.45, 7) is 4.31. The Kier molecular flexibility index (Phi) is 12.8. The molecule has 0 bridgehead atoms. The topological polar surface area (TPSA) is 0 Å². The first-order chi connectivity index (χ1) is 11.8. The Morgan fingerprint density at radius 2 is 1.12 bits per heavy atom. The van der Waals surface area contributed by atoms with E-state index in [2.05, 4.69) is 74.5 Å². The summed E-state index contributed by atoms with van der Waals surface area (Å²) in [6, 6.07) is 17.2. The molecule has 0 nitrogen and oxygen atoms in total. The molecule has 4 heteroatoms. The molecule has 0 unspecified atom stereocenters. The fourth-order valence-electron chi connectivity index (χ4n) is 2.69. The van der Waals surface area contributed by atoms with Crippen LogP contribution in [0.2, 0.25) is 13.1 Å². The molecule has 0 saturated carbocycles. The van der Waals surface area contributed by atoms with Crippen molar-refractivity contribution in [2.24, 2.45) is 0 Å². The molecule has 0 spiro atoms. The first kappa shape index (κ1) is 21.9. The second-order valence-electron chi connectivity index (χ2n) is 5.45. The normalized spacial score (nSPS) is 12.2. The third kappa shape index (κ3) is 8.30. The Hall–Kier alpha value is -0.140. The molecule has 0 aliphatic heterocycles. The van der Waals surface area contributed by atoms with E-state index >= 15 is 0 Å². The van der Waals surface area contributed by atoms with E-state index in [4.69, 9.17) is 17.0 Å². The van der Waals surface area contributed by atoms with E-state index in [9.17, 15) is 0 Å². The van der Waals surface area contributed by atoms with Crippen molar-refractivity contribution in [1.82, 2.24) is 0 Å². The van der Waals surface area contributed by atoms with E-state index in [0.717, 1.165) is 9.52 Å². The first-order valence-corrected chi connectivity index (χ1v) is 16.5. The summed E-state index contributed by atoms with van der Waals surface area (Å²) in [5.74, 6) is 0. The summed E-state index contributed by atoms with van der Waals surface area (Å²) in [6.07, 6.45) is 9.57. The Labute approximate surface area is 168 Å². The zero-order valence-corrected chi connectivity index (χ0v) is 19.3. The van der Waals surface area contributed by atoms with Crippen molar-refractivity contribution in [3.05, 3.63) is 83.6 Å². The average molecular weight is 455 g/mol. The summed E-state index contributed by atoms with van der Waals surface area (Å²) >= 11 is -0.826. The van der Waals surface area contributed by atoms with Crippen molar-refractivity contribution in [3.63, 3.8) is 0 Å². The second-order valence-corrected chi connectivity index (χ2v) is 10.2. The molecule has 4 rings (SSSR count). The number of halogens is 2. The van der Waals surface area contributed by atoms with Crippen LogP contribution in [-0.4, -0.2) is 9.52 Å². The molecule has 0 saturated heterocycles. The van der Waals surface area contributed by atoms with Gasteiger partial charge < -0.3 is 0 Å². The predicted octanol–water partition coefficient (Wildman–Crippen LogP) is 6.53. The molecule has 126 valence electrons. The molecular weight excluding hydrogens is 430 g/mol. The van der Waals surface area contributed by atoms with Gasteiger partial charge in [0.25, 0.3) is 0 Å². The monoisotopic (exact) mass is 452 g/mol. The minimum Gasteiger partial charge on any atom is -0.189 e. The van der Waals surface area contributed by atoms with E-state index in [0.29, 0.717) is 0 Å². The molecule has 2 aromatic rings. The minimum atomic E-state index is -0.826. The van der Waals surface area contributed by atoms with Crippen LogP contribution in [0.4, 0.5) is 0 Å². The Balaban J connectivity index is 0.000000183. The fourth-order valence-corrected chi connectivity index (χ4v) is 2.69. The van der Waals surface area contributed by atoms with E-state index < -0.39 is 20.8 Å². The molecule has 2 aliphatic carbocycles. The number of hydrogen-bond donors (Lipinski definition) is 0. The van der Waals surface area contributed by atoms with Gasteiger partial charge in [-0.05, 0) is 0 Å². The van der Waals surface area contributed by atoms with Crippen LogP contribution in [0.5, 0.6) is 0 Å². The maximum Gasteiger partial charge on any atom is -0.0804 e. The molecule has 0 fully saturated rings. The van der Waals surface area contributed by atoms with Crippen LogP contribution in [0.25, 0.3) is 0 Å². The van der Waals surface area contributed by atoms with Gasteiger partial charge >= 0.3 is 37.9 Å². The van der Waals surface area contributed by atoms with Gasteiger partial charge in [-0.25, -0.2) is 0 Å². The van der Waals surface area contributed by atoms with Gasteiger partial charge in [-0.2, -0.15) is 36.1 Å². The first-order valence-electron chi connectivity index (χ1n) is 8.13. The van der Waals surface area contributed by atoms with Crippen LogP contribution >= 0.6 is 17.0 Å². The quantitative estimate of drug-likeness (QED) is 0.313. The van der Waals surface area contributed by atoms with Crippen molar-refractivity contribution >= 4 is 26.5 Å². The van der Waals surface area contributed by atoms with Crippen molar-refractivity contribution in [1.29, 1.82) is 0 Å². The maximum absolute atomic E-state index is 4.93. The number of fused-ring (bicyclic) bond motifs is 2. The third-order valence-electron chi connectivity index (χ3n) is 3.67. The number of aryl methyl sites for hydroxylation is 2. The zero-order chi connectivity index (χ0) is 17.6. The van der Waals surface area contributed by atoms with Crippen molar-refractivity contribution in [3.8, 4) is 0 Å². The Morgan fingerprint density at radius 1 is 0.792 bits per heavy atom. The maximum atomic E-state index is 4.93. The van der Waals surface area contributed by atoms with Gasteiger partial charge in [-0.1, -0.05) is 50.9 Å². The van der Waals surface area contributed by atoms with Gasteiger partial charge in [0.1, 0.15) is 0 Å². The van der Waals surface area contributed by atoms with Crippen LogP contribution in [0, 0.1) is 12.8 Å². The van der Waals surface area contributed by atoms with Gasteiger partial charge in [0.2, 0.25) is 0 Å². The predicted molar refractivity (Wildman–Crippen MR) is 106 cm³/mol. The number of rotatable bonds is 0. The molecule has 2 radical (unpaired) electrons. The van der Waals surface area contributed by atoms with E-state index in [1.807, 2.05) is 0 Å². The molecule has 0 aromatic heterocycles. The molecule has 0 amide bonds. The molecule has 0 atom stereocenters. The molecule has 0 N–H and O–H groups in total. The molecule has 0 heterocycles. The van der Waals surface area contributed by atoms with Crippen LogP contribution < -0.4 is 0 Å². The molecule has 24 heavy (non-hydrogen) atoms. The van der Waals surface area contributed by atoms with Gasteiger partial charge in [-0.3, -0.25) is 0 Å². The van der Waals surface area contributed by atoms with E-state index in [-0.39, 0.29) is 0 Å². The Morgan fingerprint density at radius 3 is 1.46 bits per heavy atom. The van der Waals surface area contributed by atoms with Crippen LogP contribution in [0.3, 0.4) is 0 Å². The van der Waals surface area contributed by atoms with E-state index in [1.165, 1.54) is 47.9 Å². The summed E-state index contributed by atoms with van der Waals surface area (Å²) < 4.78 is 0. The van der Waals surface area contributed by atoms with E-state index in [1.54, 1.807) is 0 Å². The summed E-state index contributed by atoms with van der Waals surface area (Å²) in [7, 11) is 11.0. The molecule has 2 aromatic carbocycles. The summed E-state index contributed by atoms with van der Waals surface area (Å²) in [5.41, 5.74) is 5.91. The van der Waals surface area contributed by atoms with Gasteiger partial charge in [0.05, 0.1) is 0 Å². The van der Waals surface area contributed by atoms with Crippen molar-refractivity contribution in [2.75, 3.05) is 0 Å². The van der Waals surface area contributed by atoms with Crippen LogP contribution in [0.1, 0.15) is 35.1 Å². The summed E-state index contributed by atoms with van der Waals surface area (Å²) in [4.78, 5) is 0. The summed E-state index contributed by atoms with van der Waals surface area (Å²) in [5, 5.41) is 0. The van der Waals surface area contributed by atoms with Crippen LogP contribution in [0.15, 0.2) is 48.5 Å². The molecular formula is C20H24Cl2SiZr. The van der Waals surface area contributed by atoms with Gasteiger partial charge in [0, 0.05) is 9.52 Å². The largest absolute Gasteiger partial charge is 0.189 e. The number of benzene rings is 2. The minimum absolute atomic E-state index is 0.826. The Bertz CT molecular complexity index is 478. The van der Waals surface area contributed by atoms with Crippen molar-refractivity contribution in [2.45, 2.75) is 38.8 Å². The van der Waals surface area contributed by atoms with Gasteiger partial charge in [0.15, 0.2) is 0 Å². The molecule has 2 aliphatic rings.